The van der Waals surface area contributed by atoms with Gasteiger partial charge in [0.05, 0.1) is 21.1 Å². The van der Waals surface area contributed by atoms with E-state index >= 15 is 0 Å². The zero-order valence-electron chi connectivity index (χ0n) is 16.0. The second-order valence-electron chi connectivity index (χ2n) is 6.95. The van der Waals surface area contributed by atoms with Crippen LogP contribution < -0.4 is 15.8 Å². The SMILES string of the molecule is CC(C)(O)CCNC(=O)c1ncc(S(=O)(=O)c2ccc(OC(F)(F)F)cc2)cc1N. The molecule has 1 aromatic heterocycles. The predicted octanol–water partition coefficient (Wildman–Crippen LogP) is 2.29. The van der Waals surface area contributed by atoms with Gasteiger partial charge in [0, 0.05) is 12.7 Å². The summed E-state index contributed by atoms with van der Waals surface area (Å²) in [4.78, 5) is 15.3. The summed E-state index contributed by atoms with van der Waals surface area (Å²) in [6, 6.07) is 4.66. The Kier molecular flexibility index (Phi) is 6.62. The summed E-state index contributed by atoms with van der Waals surface area (Å²) in [5, 5.41) is 12.2. The van der Waals surface area contributed by atoms with Crippen LogP contribution in [0.4, 0.5) is 18.9 Å². The number of hydrogen-bond donors (Lipinski definition) is 3. The van der Waals surface area contributed by atoms with Crippen molar-refractivity contribution in [2.24, 2.45) is 0 Å². The van der Waals surface area contributed by atoms with Crippen molar-refractivity contribution in [2.45, 2.75) is 42.0 Å². The first-order valence-corrected chi connectivity index (χ1v) is 10.0. The highest BCUT2D eigenvalue weighted by molar-refractivity contribution is 7.91. The molecule has 0 aliphatic rings. The molecule has 2 aromatic rings. The van der Waals surface area contributed by atoms with E-state index < -0.39 is 33.5 Å². The quantitative estimate of drug-likeness (QED) is 0.593. The maximum absolute atomic E-state index is 12.7. The molecule has 0 bridgehead atoms. The number of alkyl halides is 3. The molecule has 164 valence electrons. The number of hydrogen-bond acceptors (Lipinski definition) is 7. The molecule has 12 heteroatoms. The third-order valence-corrected chi connectivity index (χ3v) is 5.54. The van der Waals surface area contributed by atoms with Crippen molar-refractivity contribution in [1.82, 2.24) is 10.3 Å². The van der Waals surface area contributed by atoms with Crippen molar-refractivity contribution in [2.75, 3.05) is 12.3 Å². The number of sulfone groups is 1. The molecule has 1 aromatic carbocycles. The largest absolute Gasteiger partial charge is 0.573 e. The van der Waals surface area contributed by atoms with Crippen molar-refractivity contribution < 1.29 is 36.2 Å². The van der Waals surface area contributed by atoms with Gasteiger partial charge in [0.25, 0.3) is 5.91 Å². The Morgan fingerprint density at radius 1 is 1.20 bits per heavy atom. The van der Waals surface area contributed by atoms with Crippen LogP contribution in [0.3, 0.4) is 0 Å². The van der Waals surface area contributed by atoms with Crippen LogP contribution in [0.1, 0.15) is 30.8 Å². The molecule has 0 atom stereocenters. The number of nitrogen functional groups attached to an aromatic ring is 1. The van der Waals surface area contributed by atoms with Gasteiger partial charge in [-0.25, -0.2) is 13.4 Å². The van der Waals surface area contributed by atoms with Gasteiger partial charge >= 0.3 is 6.36 Å². The Labute approximate surface area is 170 Å². The molecule has 0 saturated heterocycles. The van der Waals surface area contributed by atoms with Crippen LogP contribution in [0.15, 0.2) is 46.3 Å². The molecule has 8 nitrogen and oxygen atoms in total. The van der Waals surface area contributed by atoms with Gasteiger partial charge in [-0.05, 0) is 50.6 Å². The van der Waals surface area contributed by atoms with Gasteiger partial charge in [-0.3, -0.25) is 4.79 Å². The minimum atomic E-state index is -4.90. The number of benzene rings is 1. The van der Waals surface area contributed by atoms with Gasteiger partial charge < -0.3 is 20.9 Å². The number of amides is 1. The molecule has 2 rings (SSSR count). The van der Waals surface area contributed by atoms with Gasteiger partial charge in [-0.2, -0.15) is 0 Å². The molecule has 0 aliphatic carbocycles. The second-order valence-corrected chi connectivity index (χ2v) is 8.90. The molecule has 30 heavy (non-hydrogen) atoms. The highest BCUT2D eigenvalue weighted by Crippen LogP contribution is 2.27. The summed E-state index contributed by atoms with van der Waals surface area (Å²) in [5.74, 6) is -1.22. The zero-order valence-corrected chi connectivity index (χ0v) is 16.8. The molecule has 0 radical (unpaired) electrons. The third kappa shape index (κ3) is 6.32. The number of nitrogens with two attached hydrogens (primary N) is 1. The van der Waals surface area contributed by atoms with Crippen LogP contribution in [-0.4, -0.2) is 42.9 Å². The number of aliphatic hydroxyl groups is 1. The third-order valence-electron chi connectivity index (χ3n) is 3.81. The maximum Gasteiger partial charge on any atom is 0.573 e. The first-order chi connectivity index (χ1) is 13.7. The van der Waals surface area contributed by atoms with Crippen molar-refractivity contribution in [3.05, 3.63) is 42.2 Å². The summed E-state index contributed by atoms with van der Waals surface area (Å²) in [6.45, 7) is 3.30. The van der Waals surface area contributed by atoms with Crippen molar-refractivity contribution in [3.63, 3.8) is 0 Å². The van der Waals surface area contributed by atoms with Crippen LogP contribution in [0.25, 0.3) is 0 Å². The number of carbonyl (C=O) groups is 1. The van der Waals surface area contributed by atoms with E-state index in [1.165, 1.54) is 0 Å². The van der Waals surface area contributed by atoms with E-state index in [1.54, 1.807) is 13.8 Å². The molecular weight excluding hydrogens is 427 g/mol. The first-order valence-electron chi connectivity index (χ1n) is 8.56. The smallest absolute Gasteiger partial charge is 0.406 e. The van der Waals surface area contributed by atoms with Gasteiger partial charge in [0.1, 0.15) is 5.75 Å². The van der Waals surface area contributed by atoms with Gasteiger partial charge in [0.15, 0.2) is 5.69 Å². The number of ether oxygens (including phenoxy) is 1. The molecule has 0 saturated carbocycles. The fraction of sp³-hybridized carbons (Fsp3) is 0.333. The van der Waals surface area contributed by atoms with E-state index in [0.29, 0.717) is 0 Å². The normalized spacial score (nSPS) is 12.5. The number of carbonyl (C=O) groups excluding carboxylic acids is 1. The van der Waals surface area contributed by atoms with E-state index in [4.69, 9.17) is 5.73 Å². The van der Waals surface area contributed by atoms with Crippen molar-refractivity contribution in [1.29, 1.82) is 0 Å². The Hall–Kier alpha value is -2.86. The molecule has 0 fully saturated rings. The van der Waals surface area contributed by atoms with E-state index in [9.17, 15) is 31.5 Å². The fourth-order valence-electron chi connectivity index (χ4n) is 2.32. The lowest BCUT2D eigenvalue weighted by Gasteiger charge is -2.17. The summed E-state index contributed by atoms with van der Waals surface area (Å²) < 4.78 is 65.7. The number of halogens is 3. The Morgan fingerprint density at radius 2 is 1.80 bits per heavy atom. The average molecular weight is 447 g/mol. The number of pyridine rings is 1. The Morgan fingerprint density at radius 3 is 2.30 bits per heavy atom. The number of nitrogens with zero attached hydrogens (tertiary/aromatic N) is 1. The number of aromatic nitrogens is 1. The number of nitrogens with one attached hydrogen (secondary N) is 1. The van der Waals surface area contributed by atoms with Gasteiger partial charge in [-0.15, -0.1) is 13.2 Å². The zero-order chi connectivity index (χ0) is 22.7. The molecule has 1 heterocycles. The molecule has 4 N–H and O–H groups in total. The standard InChI is InChI=1S/C18H20F3N3O5S/c1-17(2,26)7-8-23-16(25)15-14(22)9-13(10-24-15)30(27,28)12-5-3-11(4-6-12)29-18(19,20)21/h3-6,9-10,26H,7-8,22H2,1-2H3,(H,23,25). The van der Waals surface area contributed by atoms with Crippen LogP contribution in [0.2, 0.25) is 0 Å². The Bertz CT molecular complexity index is 1020. The van der Waals surface area contributed by atoms with E-state index in [-0.39, 0.29) is 34.1 Å². The topological polar surface area (TPSA) is 132 Å². The van der Waals surface area contributed by atoms with E-state index in [0.717, 1.165) is 36.5 Å². The summed E-state index contributed by atoms with van der Waals surface area (Å²) in [6.07, 6.45) is -3.70. The van der Waals surface area contributed by atoms with E-state index in [2.05, 4.69) is 15.0 Å². The van der Waals surface area contributed by atoms with Crippen molar-refractivity contribution >= 4 is 21.4 Å². The molecule has 1 amide bonds. The summed E-state index contributed by atoms with van der Waals surface area (Å²) in [7, 11) is -4.14. The maximum atomic E-state index is 12.7. The van der Waals surface area contributed by atoms with Crippen molar-refractivity contribution in [3.8, 4) is 5.75 Å². The predicted molar refractivity (Wildman–Crippen MR) is 100 cm³/mol. The lowest BCUT2D eigenvalue weighted by atomic mass is 10.1. The number of rotatable bonds is 7. The van der Waals surface area contributed by atoms with E-state index in [1.807, 2.05) is 0 Å². The highest BCUT2D eigenvalue weighted by atomic mass is 32.2. The van der Waals surface area contributed by atoms with Crippen LogP contribution in [0, 0.1) is 0 Å². The molecule has 0 aliphatic heterocycles. The first kappa shape index (κ1) is 23.4. The van der Waals surface area contributed by atoms with Crippen LogP contribution in [0.5, 0.6) is 5.75 Å². The molecular formula is C18H20F3N3O5S. The second kappa shape index (κ2) is 8.48. The fourth-order valence-corrected chi connectivity index (χ4v) is 3.56. The van der Waals surface area contributed by atoms with Gasteiger partial charge in [-0.1, -0.05) is 0 Å². The molecule has 0 spiro atoms. The summed E-state index contributed by atoms with van der Waals surface area (Å²) in [5.41, 5.74) is 4.39. The molecule has 0 unspecified atom stereocenters. The number of anilines is 1. The minimum absolute atomic E-state index is 0.149. The lowest BCUT2D eigenvalue weighted by molar-refractivity contribution is -0.274. The van der Waals surface area contributed by atoms with Gasteiger partial charge in [0.2, 0.25) is 9.84 Å². The monoisotopic (exact) mass is 447 g/mol. The minimum Gasteiger partial charge on any atom is -0.406 e. The lowest BCUT2D eigenvalue weighted by Crippen LogP contribution is -2.31. The van der Waals surface area contributed by atoms with Crippen LogP contribution in [-0.2, 0) is 9.84 Å². The summed E-state index contributed by atoms with van der Waals surface area (Å²) >= 11 is 0. The average Bonchev–Trinajstić information content (AvgIpc) is 2.59. The van der Waals surface area contributed by atoms with Crippen LogP contribution >= 0.6 is 0 Å². The Balaban J connectivity index is 2.19. The highest BCUT2D eigenvalue weighted by Gasteiger charge is 2.31.